The normalized spacial score (nSPS) is 15.5. The van der Waals surface area contributed by atoms with Crippen molar-refractivity contribution in [3.63, 3.8) is 0 Å². The maximum Gasteiger partial charge on any atom is 0.0431 e. The van der Waals surface area contributed by atoms with Crippen LogP contribution in [0.2, 0.25) is 0 Å². The molecule has 0 aliphatic heterocycles. The number of aliphatic hydroxyl groups is 1. The summed E-state index contributed by atoms with van der Waals surface area (Å²) < 4.78 is 0. The van der Waals surface area contributed by atoms with E-state index in [1.807, 2.05) is 0 Å². The first-order valence-corrected chi connectivity index (χ1v) is 10.7. The van der Waals surface area contributed by atoms with Gasteiger partial charge in [0.2, 0.25) is 0 Å². The van der Waals surface area contributed by atoms with Gasteiger partial charge in [-0.15, -0.1) is 0 Å². The van der Waals surface area contributed by atoms with Gasteiger partial charge in [0.15, 0.2) is 0 Å². The van der Waals surface area contributed by atoms with Crippen molar-refractivity contribution in [3.8, 4) is 0 Å². The maximum atomic E-state index is 8.86. The molecular formula is C22H46O. The van der Waals surface area contributed by atoms with Gasteiger partial charge in [0.05, 0.1) is 0 Å². The molecule has 0 aromatic carbocycles. The summed E-state index contributed by atoms with van der Waals surface area (Å²) in [6, 6.07) is 0. The minimum atomic E-state index is 0.359. The van der Waals surface area contributed by atoms with Gasteiger partial charge in [-0.25, -0.2) is 0 Å². The average Bonchev–Trinajstić information content (AvgIpc) is 2.52. The van der Waals surface area contributed by atoms with Crippen LogP contribution in [0.1, 0.15) is 118 Å². The third-order valence-corrected chi connectivity index (χ3v) is 5.44. The van der Waals surface area contributed by atoms with Crippen molar-refractivity contribution in [2.45, 2.75) is 118 Å². The van der Waals surface area contributed by atoms with Crippen LogP contribution >= 0.6 is 0 Å². The third-order valence-electron chi connectivity index (χ3n) is 5.44. The van der Waals surface area contributed by atoms with Crippen LogP contribution in [0.4, 0.5) is 0 Å². The third kappa shape index (κ3) is 16.6. The summed E-state index contributed by atoms with van der Waals surface area (Å²) in [5.74, 6) is 2.63. The van der Waals surface area contributed by atoms with Crippen LogP contribution in [0.15, 0.2) is 0 Å². The predicted molar refractivity (Wildman–Crippen MR) is 105 cm³/mol. The fourth-order valence-electron chi connectivity index (χ4n) is 3.60. The van der Waals surface area contributed by atoms with Gasteiger partial charge in [-0.1, -0.05) is 105 Å². The minimum Gasteiger partial charge on any atom is -0.396 e. The molecule has 0 spiro atoms. The number of hydrogen-bond donors (Lipinski definition) is 1. The standard InChI is InChI=1S/C22H46O/c1-5-6-7-8-9-13-20(2)14-10-15-21(3)16-11-17-22(4)18-12-19-23/h20-23H,5-19H2,1-4H3. The average molecular weight is 327 g/mol. The van der Waals surface area contributed by atoms with Crippen molar-refractivity contribution in [2.75, 3.05) is 6.61 Å². The molecule has 0 radical (unpaired) electrons. The fraction of sp³-hybridized carbons (Fsp3) is 1.00. The van der Waals surface area contributed by atoms with Gasteiger partial charge >= 0.3 is 0 Å². The van der Waals surface area contributed by atoms with Crippen molar-refractivity contribution in [3.05, 3.63) is 0 Å². The van der Waals surface area contributed by atoms with Crippen LogP contribution in [0.3, 0.4) is 0 Å². The quantitative estimate of drug-likeness (QED) is 0.277. The van der Waals surface area contributed by atoms with E-state index in [1.165, 1.54) is 83.5 Å². The summed E-state index contributed by atoms with van der Waals surface area (Å²) >= 11 is 0. The molecule has 1 heteroatoms. The Labute approximate surface area is 147 Å². The summed E-state index contributed by atoms with van der Waals surface area (Å²) in [4.78, 5) is 0. The molecule has 0 saturated carbocycles. The van der Waals surface area contributed by atoms with E-state index in [0.717, 1.165) is 24.2 Å². The Bertz CT molecular complexity index is 226. The lowest BCUT2D eigenvalue weighted by atomic mass is 9.91. The van der Waals surface area contributed by atoms with Crippen LogP contribution in [0.25, 0.3) is 0 Å². The van der Waals surface area contributed by atoms with E-state index in [1.54, 1.807) is 0 Å². The molecule has 140 valence electrons. The molecule has 0 aromatic rings. The van der Waals surface area contributed by atoms with Crippen LogP contribution in [0.5, 0.6) is 0 Å². The Balaban J connectivity index is 3.42. The summed E-state index contributed by atoms with van der Waals surface area (Å²) in [5.41, 5.74) is 0. The maximum absolute atomic E-state index is 8.86. The smallest absolute Gasteiger partial charge is 0.0431 e. The van der Waals surface area contributed by atoms with E-state index < -0.39 is 0 Å². The number of aliphatic hydroxyl groups excluding tert-OH is 1. The minimum absolute atomic E-state index is 0.359. The van der Waals surface area contributed by atoms with E-state index in [-0.39, 0.29) is 0 Å². The van der Waals surface area contributed by atoms with Gasteiger partial charge in [0.25, 0.3) is 0 Å². The molecule has 1 N–H and O–H groups in total. The molecule has 0 saturated heterocycles. The van der Waals surface area contributed by atoms with Crippen molar-refractivity contribution >= 4 is 0 Å². The zero-order valence-electron chi connectivity index (χ0n) is 16.8. The van der Waals surface area contributed by atoms with Gasteiger partial charge < -0.3 is 5.11 Å². The van der Waals surface area contributed by atoms with Crippen LogP contribution < -0.4 is 0 Å². The molecule has 3 unspecified atom stereocenters. The molecule has 1 nitrogen and oxygen atoms in total. The molecule has 0 aliphatic rings. The van der Waals surface area contributed by atoms with E-state index in [2.05, 4.69) is 27.7 Å². The summed E-state index contributed by atoms with van der Waals surface area (Å²) in [6.45, 7) is 9.88. The lowest BCUT2D eigenvalue weighted by molar-refractivity contribution is 0.269. The molecular weight excluding hydrogens is 280 g/mol. The van der Waals surface area contributed by atoms with E-state index in [4.69, 9.17) is 5.11 Å². The highest BCUT2D eigenvalue weighted by Crippen LogP contribution is 2.22. The molecule has 0 amide bonds. The highest BCUT2D eigenvalue weighted by atomic mass is 16.2. The topological polar surface area (TPSA) is 20.2 Å². The summed E-state index contributed by atoms with van der Waals surface area (Å²) in [6.07, 6.45) is 19.1. The molecule has 0 fully saturated rings. The van der Waals surface area contributed by atoms with Crippen LogP contribution in [0, 0.1) is 17.8 Å². The highest BCUT2D eigenvalue weighted by molar-refractivity contribution is 4.60. The molecule has 0 bridgehead atoms. The largest absolute Gasteiger partial charge is 0.396 e. The fourth-order valence-corrected chi connectivity index (χ4v) is 3.60. The first kappa shape index (κ1) is 23.0. The number of rotatable bonds is 17. The Morgan fingerprint density at radius 2 is 0.913 bits per heavy atom. The van der Waals surface area contributed by atoms with E-state index in [9.17, 15) is 0 Å². The summed E-state index contributed by atoms with van der Waals surface area (Å²) in [7, 11) is 0. The second-order valence-corrected chi connectivity index (χ2v) is 8.25. The lowest BCUT2D eigenvalue weighted by Crippen LogP contribution is -2.01. The molecule has 0 heterocycles. The Morgan fingerprint density at radius 1 is 0.522 bits per heavy atom. The SMILES string of the molecule is CCCCCCCC(C)CCCC(C)CCCC(C)CCCO. The van der Waals surface area contributed by atoms with Gasteiger partial charge in [-0.3, -0.25) is 0 Å². The van der Waals surface area contributed by atoms with Gasteiger partial charge in [-0.05, 0) is 30.6 Å². The predicted octanol–water partition coefficient (Wildman–Crippen LogP) is 7.37. The molecule has 23 heavy (non-hydrogen) atoms. The second-order valence-electron chi connectivity index (χ2n) is 8.25. The molecule has 0 aromatic heterocycles. The van der Waals surface area contributed by atoms with Crippen molar-refractivity contribution in [2.24, 2.45) is 17.8 Å². The van der Waals surface area contributed by atoms with Gasteiger partial charge in [-0.2, -0.15) is 0 Å². The molecule has 3 atom stereocenters. The number of unbranched alkanes of at least 4 members (excludes halogenated alkanes) is 4. The van der Waals surface area contributed by atoms with Gasteiger partial charge in [0, 0.05) is 6.61 Å². The van der Waals surface area contributed by atoms with Crippen molar-refractivity contribution in [1.82, 2.24) is 0 Å². The first-order valence-electron chi connectivity index (χ1n) is 10.7. The molecule has 0 aliphatic carbocycles. The van der Waals surface area contributed by atoms with E-state index in [0.29, 0.717) is 6.61 Å². The lowest BCUT2D eigenvalue weighted by Gasteiger charge is -2.16. The van der Waals surface area contributed by atoms with Crippen LogP contribution in [-0.2, 0) is 0 Å². The Hall–Kier alpha value is -0.0400. The van der Waals surface area contributed by atoms with Crippen molar-refractivity contribution in [1.29, 1.82) is 0 Å². The first-order chi connectivity index (χ1) is 11.1. The zero-order chi connectivity index (χ0) is 17.3. The highest BCUT2D eigenvalue weighted by Gasteiger charge is 2.07. The second kappa shape index (κ2) is 16.8. The monoisotopic (exact) mass is 326 g/mol. The van der Waals surface area contributed by atoms with Crippen molar-refractivity contribution < 1.29 is 5.11 Å². The Morgan fingerprint density at radius 3 is 1.35 bits per heavy atom. The zero-order valence-corrected chi connectivity index (χ0v) is 16.8. The van der Waals surface area contributed by atoms with Crippen LogP contribution in [-0.4, -0.2) is 11.7 Å². The molecule has 0 rings (SSSR count). The number of hydrogen-bond acceptors (Lipinski definition) is 1. The summed E-state index contributed by atoms with van der Waals surface area (Å²) in [5, 5.41) is 8.86. The Kier molecular flexibility index (Phi) is 16.8. The van der Waals surface area contributed by atoms with Gasteiger partial charge in [0.1, 0.15) is 0 Å². The van der Waals surface area contributed by atoms with E-state index >= 15 is 0 Å².